The summed E-state index contributed by atoms with van der Waals surface area (Å²) in [5, 5.41) is 3.65. The van der Waals surface area contributed by atoms with Crippen LogP contribution in [0, 0.1) is 19.7 Å². The standard InChI is InChI=1S/C15H19FN2O3S/c1-11-15(12(2)21-18-11)22(19,20)17-10-4-3-5-13-6-8-14(16)9-7-13/h6-9,17H,3-5,10H2,1-2H3. The highest BCUT2D eigenvalue weighted by Crippen LogP contribution is 2.18. The van der Waals surface area contributed by atoms with Gasteiger partial charge in [0.25, 0.3) is 0 Å². The number of nitrogens with one attached hydrogen (secondary N) is 1. The van der Waals surface area contributed by atoms with Crippen molar-refractivity contribution in [2.45, 2.75) is 38.0 Å². The maximum atomic E-state index is 12.8. The first-order chi connectivity index (χ1) is 10.4. The van der Waals surface area contributed by atoms with Crippen molar-refractivity contribution in [2.75, 3.05) is 6.54 Å². The van der Waals surface area contributed by atoms with Crippen LogP contribution in [0.1, 0.15) is 29.9 Å². The van der Waals surface area contributed by atoms with Gasteiger partial charge in [-0.3, -0.25) is 0 Å². The van der Waals surface area contributed by atoms with Gasteiger partial charge in [-0.2, -0.15) is 0 Å². The second-order valence-corrected chi connectivity index (χ2v) is 6.84. The summed E-state index contributed by atoms with van der Waals surface area (Å²) in [5.41, 5.74) is 1.39. The molecule has 0 radical (unpaired) electrons. The molecular weight excluding hydrogens is 307 g/mol. The Bertz CT molecular complexity index is 704. The van der Waals surface area contributed by atoms with Crippen LogP contribution in [0.3, 0.4) is 0 Å². The van der Waals surface area contributed by atoms with Gasteiger partial charge in [0.15, 0.2) is 5.76 Å². The zero-order valence-electron chi connectivity index (χ0n) is 12.6. The number of sulfonamides is 1. The second kappa shape index (κ2) is 7.02. The average molecular weight is 326 g/mol. The average Bonchev–Trinajstić information content (AvgIpc) is 2.80. The van der Waals surface area contributed by atoms with Crippen LogP contribution in [0.25, 0.3) is 0 Å². The number of rotatable bonds is 7. The number of halogens is 1. The van der Waals surface area contributed by atoms with Crippen molar-refractivity contribution in [3.8, 4) is 0 Å². The van der Waals surface area contributed by atoms with Crippen LogP contribution in [0.4, 0.5) is 4.39 Å². The number of aromatic nitrogens is 1. The SMILES string of the molecule is Cc1noc(C)c1S(=O)(=O)NCCCCc1ccc(F)cc1. The van der Waals surface area contributed by atoms with Crippen molar-refractivity contribution in [2.24, 2.45) is 0 Å². The van der Waals surface area contributed by atoms with E-state index >= 15 is 0 Å². The predicted molar refractivity (Wildman–Crippen MR) is 80.5 cm³/mol. The van der Waals surface area contributed by atoms with Crippen LogP contribution < -0.4 is 4.72 Å². The first kappa shape index (κ1) is 16.6. The van der Waals surface area contributed by atoms with E-state index in [0.29, 0.717) is 18.7 Å². The molecule has 0 atom stereocenters. The quantitative estimate of drug-likeness (QED) is 0.794. The molecule has 0 saturated carbocycles. The second-order valence-electron chi connectivity index (χ2n) is 5.13. The van der Waals surface area contributed by atoms with Gasteiger partial charge in [-0.05, 0) is 50.8 Å². The molecule has 0 unspecified atom stereocenters. The van der Waals surface area contributed by atoms with Crippen LogP contribution in [0.5, 0.6) is 0 Å². The monoisotopic (exact) mass is 326 g/mol. The molecular formula is C15H19FN2O3S. The smallest absolute Gasteiger partial charge is 0.245 e. The van der Waals surface area contributed by atoms with Crippen LogP contribution in [0.15, 0.2) is 33.7 Å². The van der Waals surface area contributed by atoms with Crippen LogP contribution in [-0.2, 0) is 16.4 Å². The molecule has 0 amide bonds. The van der Waals surface area contributed by atoms with E-state index < -0.39 is 10.0 Å². The highest BCUT2D eigenvalue weighted by molar-refractivity contribution is 7.89. The molecule has 1 aromatic heterocycles. The van der Waals surface area contributed by atoms with E-state index in [0.717, 1.165) is 18.4 Å². The summed E-state index contributed by atoms with van der Waals surface area (Å²) in [6, 6.07) is 6.33. The normalized spacial score (nSPS) is 11.8. The van der Waals surface area contributed by atoms with Crippen LogP contribution in [0.2, 0.25) is 0 Å². The summed E-state index contributed by atoms with van der Waals surface area (Å²) in [5.74, 6) is 0.0345. The third-order valence-electron chi connectivity index (χ3n) is 3.33. The van der Waals surface area contributed by atoms with Crippen molar-refractivity contribution in [3.05, 3.63) is 47.1 Å². The zero-order chi connectivity index (χ0) is 16.2. The molecule has 1 aromatic carbocycles. The van der Waals surface area contributed by atoms with E-state index in [1.165, 1.54) is 12.1 Å². The minimum atomic E-state index is -3.58. The summed E-state index contributed by atoms with van der Waals surface area (Å²) in [6.07, 6.45) is 2.29. The van der Waals surface area contributed by atoms with Gasteiger partial charge >= 0.3 is 0 Å². The Labute approximate surface area is 129 Å². The summed E-state index contributed by atoms with van der Waals surface area (Å²) in [7, 11) is -3.58. The van der Waals surface area contributed by atoms with Crippen molar-refractivity contribution < 1.29 is 17.3 Å². The summed E-state index contributed by atoms with van der Waals surface area (Å²) >= 11 is 0. The van der Waals surface area contributed by atoms with E-state index in [9.17, 15) is 12.8 Å². The number of hydrogen-bond donors (Lipinski definition) is 1. The Balaban J connectivity index is 1.80. The Morgan fingerprint density at radius 3 is 2.45 bits per heavy atom. The Morgan fingerprint density at radius 1 is 1.18 bits per heavy atom. The lowest BCUT2D eigenvalue weighted by atomic mass is 10.1. The highest BCUT2D eigenvalue weighted by atomic mass is 32.2. The molecule has 1 N–H and O–H groups in total. The Kier molecular flexibility index (Phi) is 5.31. The lowest BCUT2D eigenvalue weighted by Crippen LogP contribution is -2.25. The van der Waals surface area contributed by atoms with Gasteiger partial charge < -0.3 is 4.52 Å². The molecule has 0 fully saturated rings. The van der Waals surface area contributed by atoms with Gasteiger partial charge in [0.05, 0.1) is 0 Å². The van der Waals surface area contributed by atoms with Gasteiger partial charge in [-0.15, -0.1) is 0 Å². The fourth-order valence-electron chi connectivity index (χ4n) is 2.24. The predicted octanol–water partition coefficient (Wildman–Crippen LogP) is 2.73. The van der Waals surface area contributed by atoms with Crippen molar-refractivity contribution in [1.82, 2.24) is 9.88 Å². The summed E-state index contributed by atoms with van der Waals surface area (Å²) < 4.78 is 44.5. The van der Waals surface area contributed by atoms with E-state index in [1.54, 1.807) is 26.0 Å². The van der Waals surface area contributed by atoms with Crippen molar-refractivity contribution in [3.63, 3.8) is 0 Å². The molecule has 7 heteroatoms. The number of unbranched alkanes of at least 4 members (excludes halogenated alkanes) is 1. The molecule has 0 spiro atoms. The van der Waals surface area contributed by atoms with Crippen molar-refractivity contribution >= 4 is 10.0 Å². The lowest BCUT2D eigenvalue weighted by Gasteiger charge is -2.06. The molecule has 120 valence electrons. The fourth-order valence-corrected chi connectivity index (χ4v) is 3.64. The number of nitrogens with zero attached hydrogens (tertiary/aromatic N) is 1. The van der Waals surface area contributed by atoms with Crippen LogP contribution >= 0.6 is 0 Å². The molecule has 0 aliphatic carbocycles. The maximum absolute atomic E-state index is 12.8. The first-order valence-corrected chi connectivity index (χ1v) is 8.55. The van der Waals surface area contributed by atoms with E-state index in [1.807, 2.05) is 0 Å². The molecule has 2 rings (SSSR count). The number of hydrogen-bond acceptors (Lipinski definition) is 4. The maximum Gasteiger partial charge on any atom is 0.245 e. The molecule has 0 saturated heterocycles. The molecule has 0 aliphatic rings. The van der Waals surface area contributed by atoms with Gasteiger partial charge in [-0.25, -0.2) is 17.5 Å². The van der Waals surface area contributed by atoms with E-state index in [4.69, 9.17) is 4.52 Å². The number of aryl methyl sites for hydroxylation is 3. The lowest BCUT2D eigenvalue weighted by molar-refractivity contribution is 0.390. The zero-order valence-corrected chi connectivity index (χ0v) is 13.4. The third kappa shape index (κ3) is 4.14. The first-order valence-electron chi connectivity index (χ1n) is 7.07. The molecule has 0 bridgehead atoms. The highest BCUT2D eigenvalue weighted by Gasteiger charge is 2.23. The largest absolute Gasteiger partial charge is 0.360 e. The van der Waals surface area contributed by atoms with Gasteiger partial charge in [0.2, 0.25) is 10.0 Å². The topological polar surface area (TPSA) is 72.2 Å². The van der Waals surface area contributed by atoms with Gasteiger partial charge in [0, 0.05) is 6.54 Å². The molecule has 1 heterocycles. The fraction of sp³-hybridized carbons (Fsp3) is 0.400. The Hall–Kier alpha value is -1.73. The van der Waals surface area contributed by atoms with Gasteiger partial charge in [0.1, 0.15) is 16.4 Å². The molecule has 0 aliphatic heterocycles. The summed E-state index contributed by atoms with van der Waals surface area (Å²) in [6.45, 7) is 3.51. The molecule has 5 nitrogen and oxygen atoms in total. The van der Waals surface area contributed by atoms with E-state index in [2.05, 4.69) is 9.88 Å². The van der Waals surface area contributed by atoms with E-state index in [-0.39, 0.29) is 16.5 Å². The molecule has 2 aromatic rings. The minimum absolute atomic E-state index is 0.117. The van der Waals surface area contributed by atoms with Gasteiger partial charge in [-0.1, -0.05) is 17.3 Å². The van der Waals surface area contributed by atoms with Crippen LogP contribution in [-0.4, -0.2) is 20.1 Å². The van der Waals surface area contributed by atoms with Crippen molar-refractivity contribution in [1.29, 1.82) is 0 Å². The molecule has 22 heavy (non-hydrogen) atoms. The number of benzene rings is 1. The minimum Gasteiger partial charge on any atom is -0.360 e. The summed E-state index contributed by atoms with van der Waals surface area (Å²) in [4.78, 5) is 0.117. The third-order valence-corrected chi connectivity index (χ3v) is 5.04. The Morgan fingerprint density at radius 2 is 1.86 bits per heavy atom.